The summed E-state index contributed by atoms with van der Waals surface area (Å²) in [4.78, 5) is 5.59. The quantitative estimate of drug-likeness (QED) is 0.408. The molecule has 0 spiro atoms. The van der Waals surface area contributed by atoms with Gasteiger partial charge in [0.1, 0.15) is 5.69 Å². The minimum absolute atomic E-state index is 0.392. The third-order valence-corrected chi connectivity index (χ3v) is 1.63. The predicted molar refractivity (Wildman–Crippen MR) is 59.1 cm³/mol. The van der Waals surface area contributed by atoms with Gasteiger partial charge < -0.3 is 11.1 Å². The molecular formula is C9H16N6. The number of nitrogens with two attached hydrogens (primary N) is 1. The standard InChI is InChI=1S/C9H16N6/c1-7(2)4-11-9(10)12-5-8-6-13-15(3)14-8/h6H,1,4-5H2,2-3H3,(H3,10,11,12). The molecule has 1 aromatic rings. The fraction of sp³-hybridized carbons (Fsp3) is 0.444. The second kappa shape index (κ2) is 5.14. The average Bonchev–Trinajstić information content (AvgIpc) is 2.58. The molecule has 1 heterocycles. The highest BCUT2D eigenvalue weighted by molar-refractivity contribution is 5.77. The third-order valence-electron chi connectivity index (χ3n) is 1.63. The molecule has 0 saturated heterocycles. The number of nitrogens with one attached hydrogen (secondary N) is 1. The van der Waals surface area contributed by atoms with Crippen LogP contribution in [0.3, 0.4) is 0 Å². The van der Waals surface area contributed by atoms with Gasteiger partial charge in [-0.05, 0) is 6.92 Å². The van der Waals surface area contributed by atoms with E-state index >= 15 is 0 Å². The molecular weight excluding hydrogens is 192 g/mol. The van der Waals surface area contributed by atoms with Gasteiger partial charge in [0.25, 0.3) is 0 Å². The highest BCUT2D eigenvalue weighted by Crippen LogP contribution is 1.92. The number of nitrogens with zero attached hydrogens (tertiary/aromatic N) is 4. The fourth-order valence-corrected chi connectivity index (χ4v) is 0.924. The highest BCUT2D eigenvalue weighted by Gasteiger charge is 1.96. The van der Waals surface area contributed by atoms with Gasteiger partial charge in [0.15, 0.2) is 5.96 Å². The fourth-order valence-electron chi connectivity index (χ4n) is 0.924. The van der Waals surface area contributed by atoms with E-state index in [0.29, 0.717) is 19.0 Å². The molecule has 0 aromatic carbocycles. The predicted octanol–water partition coefficient (Wildman–Crippen LogP) is -0.204. The van der Waals surface area contributed by atoms with Crippen molar-refractivity contribution in [3.05, 3.63) is 24.0 Å². The molecule has 1 rings (SSSR count). The van der Waals surface area contributed by atoms with E-state index in [-0.39, 0.29) is 0 Å². The van der Waals surface area contributed by atoms with E-state index in [9.17, 15) is 0 Å². The van der Waals surface area contributed by atoms with Gasteiger partial charge in [-0.15, -0.1) is 0 Å². The van der Waals surface area contributed by atoms with Crippen LogP contribution in [0.25, 0.3) is 0 Å². The van der Waals surface area contributed by atoms with Gasteiger partial charge in [0.05, 0.1) is 12.7 Å². The van der Waals surface area contributed by atoms with Crippen LogP contribution in [0.5, 0.6) is 0 Å². The van der Waals surface area contributed by atoms with Crippen molar-refractivity contribution in [2.24, 2.45) is 17.8 Å². The van der Waals surface area contributed by atoms with Gasteiger partial charge in [-0.1, -0.05) is 12.2 Å². The lowest BCUT2D eigenvalue weighted by atomic mass is 10.3. The summed E-state index contributed by atoms with van der Waals surface area (Å²) in [6, 6.07) is 0. The van der Waals surface area contributed by atoms with Crippen LogP contribution < -0.4 is 11.1 Å². The molecule has 6 heteroatoms. The van der Waals surface area contributed by atoms with Crippen molar-refractivity contribution >= 4 is 5.96 Å². The highest BCUT2D eigenvalue weighted by atomic mass is 15.4. The summed E-state index contributed by atoms with van der Waals surface area (Å²) < 4.78 is 0. The number of aromatic nitrogens is 3. The molecule has 0 atom stereocenters. The molecule has 0 aliphatic rings. The van der Waals surface area contributed by atoms with E-state index in [1.165, 1.54) is 4.80 Å². The molecule has 0 bridgehead atoms. The van der Waals surface area contributed by atoms with E-state index in [1.54, 1.807) is 13.2 Å². The van der Waals surface area contributed by atoms with Crippen LogP contribution in [0.4, 0.5) is 0 Å². The van der Waals surface area contributed by atoms with Gasteiger partial charge in [-0.25, -0.2) is 4.99 Å². The van der Waals surface area contributed by atoms with Gasteiger partial charge in [-0.3, -0.25) is 0 Å². The molecule has 0 radical (unpaired) electrons. The number of rotatable bonds is 4. The molecule has 1 aromatic heterocycles. The third kappa shape index (κ3) is 4.26. The van der Waals surface area contributed by atoms with Crippen molar-refractivity contribution in [2.75, 3.05) is 6.54 Å². The Morgan fingerprint density at radius 3 is 3.00 bits per heavy atom. The molecule has 0 unspecified atom stereocenters. The zero-order chi connectivity index (χ0) is 11.3. The first kappa shape index (κ1) is 11.2. The minimum atomic E-state index is 0.392. The van der Waals surface area contributed by atoms with E-state index in [0.717, 1.165) is 11.3 Å². The van der Waals surface area contributed by atoms with Crippen molar-refractivity contribution in [2.45, 2.75) is 13.5 Å². The number of guanidine groups is 1. The largest absolute Gasteiger partial charge is 0.370 e. The van der Waals surface area contributed by atoms with Gasteiger partial charge in [-0.2, -0.15) is 15.0 Å². The van der Waals surface area contributed by atoms with Gasteiger partial charge in [0.2, 0.25) is 0 Å². The Bertz CT molecular complexity index is 364. The summed E-state index contributed by atoms with van der Waals surface area (Å²) in [7, 11) is 1.76. The molecule has 0 aliphatic carbocycles. The molecule has 0 saturated carbocycles. The lowest BCUT2D eigenvalue weighted by Crippen LogP contribution is -2.32. The number of aryl methyl sites for hydroxylation is 1. The molecule has 6 nitrogen and oxygen atoms in total. The Kier molecular flexibility index (Phi) is 3.84. The molecule has 0 aliphatic heterocycles. The topological polar surface area (TPSA) is 81.1 Å². The normalized spacial score (nSPS) is 11.5. The van der Waals surface area contributed by atoms with Crippen LogP contribution in [0.1, 0.15) is 12.6 Å². The maximum atomic E-state index is 5.62. The zero-order valence-corrected chi connectivity index (χ0v) is 9.06. The molecule has 15 heavy (non-hydrogen) atoms. The van der Waals surface area contributed by atoms with Crippen molar-refractivity contribution < 1.29 is 0 Å². The first-order chi connectivity index (χ1) is 7.08. The summed E-state index contributed by atoms with van der Waals surface area (Å²) in [6.07, 6.45) is 1.66. The first-order valence-corrected chi connectivity index (χ1v) is 4.61. The number of hydrogen-bond donors (Lipinski definition) is 2. The van der Waals surface area contributed by atoms with Crippen LogP contribution in [0.15, 0.2) is 23.3 Å². The lowest BCUT2D eigenvalue weighted by Gasteiger charge is -2.03. The van der Waals surface area contributed by atoms with Crippen LogP contribution in [0, 0.1) is 0 Å². The Morgan fingerprint density at radius 2 is 2.47 bits per heavy atom. The summed E-state index contributed by atoms with van der Waals surface area (Å²) in [5.74, 6) is 0.392. The summed E-state index contributed by atoms with van der Waals surface area (Å²) in [5, 5.41) is 10.9. The average molecular weight is 208 g/mol. The van der Waals surface area contributed by atoms with Crippen LogP contribution >= 0.6 is 0 Å². The second-order valence-corrected chi connectivity index (χ2v) is 3.34. The maximum Gasteiger partial charge on any atom is 0.189 e. The monoisotopic (exact) mass is 208 g/mol. The molecule has 3 N–H and O–H groups in total. The Hall–Kier alpha value is -1.85. The molecule has 0 fully saturated rings. The van der Waals surface area contributed by atoms with E-state index in [2.05, 4.69) is 27.1 Å². The summed E-state index contributed by atoms with van der Waals surface area (Å²) >= 11 is 0. The van der Waals surface area contributed by atoms with Crippen molar-refractivity contribution in [3.63, 3.8) is 0 Å². The zero-order valence-electron chi connectivity index (χ0n) is 9.06. The molecule has 82 valence electrons. The van der Waals surface area contributed by atoms with E-state index in [1.807, 2.05) is 6.92 Å². The summed E-state index contributed by atoms with van der Waals surface area (Å²) in [6.45, 7) is 6.74. The number of hydrogen-bond acceptors (Lipinski definition) is 3. The van der Waals surface area contributed by atoms with Crippen LogP contribution in [0.2, 0.25) is 0 Å². The van der Waals surface area contributed by atoms with Crippen molar-refractivity contribution in [3.8, 4) is 0 Å². The number of aliphatic imine (C=N–C) groups is 1. The van der Waals surface area contributed by atoms with Crippen LogP contribution in [-0.2, 0) is 13.6 Å². The first-order valence-electron chi connectivity index (χ1n) is 4.61. The Morgan fingerprint density at radius 1 is 1.73 bits per heavy atom. The van der Waals surface area contributed by atoms with Crippen molar-refractivity contribution in [1.29, 1.82) is 0 Å². The lowest BCUT2D eigenvalue weighted by molar-refractivity contribution is 0.645. The minimum Gasteiger partial charge on any atom is -0.370 e. The Labute approximate surface area is 88.9 Å². The molecule has 0 amide bonds. The van der Waals surface area contributed by atoms with Crippen molar-refractivity contribution in [1.82, 2.24) is 20.3 Å². The smallest absolute Gasteiger partial charge is 0.189 e. The summed E-state index contributed by atoms with van der Waals surface area (Å²) in [5.41, 5.74) is 7.42. The van der Waals surface area contributed by atoms with Gasteiger partial charge in [0, 0.05) is 13.6 Å². The van der Waals surface area contributed by atoms with E-state index < -0.39 is 0 Å². The van der Waals surface area contributed by atoms with E-state index in [4.69, 9.17) is 5.73 Å². The second-order valence-electron chi connectivity index (χ2n) is 3.34. The van der Waals surface area contributed by atoms with Gasteiger partial charge >= 0.3 is 0 Å². The van der Waals surface area contributed by atoms with Crippen LogP contribution in [-0.4, -0.2) is 27.5 Å². The SMILES string of the molecule is C=C(C)CNC(N)=NCc1cnn(C)n1. The maximum absolute atomic E-state index is 5.62. The Balaban J connectivity index is 2.40.